The number of hydrogen-bond donors (Lipinski definition) is 1. The van der Waals surface area contributed by atoms with Gasteiger partial charge in [0.05, 0.1) is 23.0 Å². The molecule has 5 heterocycles. The topological polar surface area (TPSA) is 93.4 Å². The number of aromatic nitrogens is 4. The predicted molar refractivity (Wildman–Crippen MR) is 144 cm³/mol. The summed E-state index contributed by atoms with van der Waals surface area (Å²) in [6.07, 6.45) is 4.58. The Morgan fingerprint density at radius 1 is 1.21 bits per heavy atom. The first-order valence-corrected chi connectivity index (χ1v) is 13.1. The number of fused-ring (bicyclic) bond motifs is 2. The molecule has 38 heavy (non-hydrogen) atoms. The summed E-state index contributed by atoms with van der Waals surface area (Å²) in [6, 6.07) is 5.83. The van der Waals surface area contributed by atoms with E-state index in [1.54, 1.807) is 6.20 Å². The number of ether oxygens (including phenoxy) is 1. The van der Waals surface area contributed by atoms with Crippen LogP contribution >= 0.6 is 11.6 Å². The lowest BCUT2D eigenvalue weighted by atomic mass is 10.0. The first-order valence-electron chi connectivity index (χ1n) is 12.8. The van der Waals surface area contributed by atoms with E-state index in [1.165, 1.54) is 22.8 Å². The summed E-state index contributed by atoms with van der Waals surface area (Å²) in [5.41, 5.74) is 1.59. The zero-order valence-corrected chi connectivity index (χ0v) is 22.1. The molecule has 8 nitrogen and oxygen atoms in total. The van der Waals surface area contributed by atoms with Crippen molar-refractivity contribution in [3.8, 4) is 28.4 Å². The van der Waals surface area contributed by atoms with Gasteiger partial charge in [-0.15, -0.1) is 0 Å². The van der Waals surface area contributed by atoms with Crippen molar-refractivity contribution >= 4 is 28.5 Å². The Morgan fingerprint density at radius 2 is 2.03 bits per heavy atom. The van der Waals surface area contributed by atoms with E-state index in [4.69, 9.17) is 21.3 Å². The van der Waals surface area contributed by atoms with E-state index in [1.807, 2.05) is 26.8 Å². The van der Waals surface area contributed by atoms with Gasteiger partial charge in [0.1, 0.15) is 40.1 Å². The molecule has 1 fully saturated rings. The van der Waals surface area contributed by atoms with E-state index >= 15 is 4.39 Å². The van der Waals surface area contributed by atoms with Gasteiger partial charge in [0.2, 0.25) is 0 Å². The molecule has 0 unspecified atom stereocenters. The van der Waals surface area contributed by atoms with Crippen LogP contribution in [0.4, 0.5) is 10.2 Å². The summed E-state index contributed by atoms with van der Waals surface area (Å²) in [7, 11) is 0. The van der Waals surface area contributed by atoms with Crippen molar-refractivity contribution in [2.45, 2.75) is 52.0 Å². The van der Waals surface area contributed by atoms with Crippen molar-refractivity contribution < 1.29 is 14.2 Å². The SMILES string of the molecule is Cc1ccnc(C(C)C)c1-n1c(=O)nc2c3c(c(Cl)c(-c4c(O)cccc4F)nc31)OC[C@@H]1CCCCN21. The van der Waals surface area contributed by atoms with Crippen LogP contribution in [0, 0.1) is 12.7 Å². The maximum atomic E-state index is 15.1. The largest absolute Gasteiger partial charge is 0.507 e. The highest BCUT2D eigenvalue weighted by molar-refractivity contribution is 6.36. The lowest BCUT2D eigenvalue weighted by Gasteiger charge is -2.34. The molecule has 0 bridgehead atoms. The van der Waals surface area contributed by atoms with Gasteiger partial charge in [0, 0.05) is 12.7 Å². The number of nitrogens with zero attached hydrogens (tertiary/aromatic N) is 5. The summed E-state index contributed by atoms with van der Waals surface area (Å²) in [5, 5.41) is 11.2. The summed E-state index contributed by atoms with van der Waals surface area (Å²) < 4.78 is 22.8. The van der Waals surface area contributed by atoms with Gasteiger partial charge in [-0.25, -0.2) is 18.7 Å². The Bertz CT molecular complexity index is 1630. The molecular weight excluding hydrogens is 509 g/mol. The fourth-order valence-corrected chi connectivity index (χ4v) is 5.84. The minimum atomic E-state index is -0.694. The first kappa shape index (κ1) is 24.6. The van der Waals surface area contributed by atoms with Crippen molar-refractivity contribution in [3.63, 3.8) is 0 Å². The molecule has 0 amide bonds. The van der Waals surface area contributed by atoms with Crippen molar-refractivity contribution in [1.82, 2.24) is 19.5 Å². The molecule has 1 aromatic carbocycles. The second kappa shape index (κ2) is 9.23. The Balaban J connectivity index is 1.80. The predicted octanol–water partition coefficient (Wildman–Crippen LogP) is 5.52. The van der Waals surface area contributed by atoms with E-state index < -0.39 is 11.5 Å². The zero-order chi connectivity index (χ0) is 26.7. The molecule has 2 aliphatic heterocycles. The Kier molecular flexibility index (Phi) is 5.98. The summed E-state index contributed by atoms with van der Waals surface area (Å²) in [6.45, 7) is 6.93. The average molecular weight is 536 g/mol. The lowest BCUT2D eigenvalue weighted by Crippen LogP contribution is -2.43. The van der Waals surface area contributed by atoms with Crippen LogP contribution in [-0.2, 0) is 0 Å². The molecule has 3 aromatic heterocycles. The van der Waals surface area contributed by atoms with Gasteiger partial charge in [-0.2, -0.15) is 4.98 Å². The van der Waals surface area contributed by atoms with Crippen LogP contribution in [0.3, 0.4) is 0 Å². The molecular formula is C28H27ClFN5O3. The third-order valence-corrected chi connectivity index (χ3v) is 7.73. The third-order valence-electron chi connectivity index (χ3n) is 7.38. The van der Waals surface area contributed by atoms with E-state index in [0.29, 0.717) is 29.2 Å². The molecule has 4 aromatic rings. The highest BCUT2D eigenvalue weighted by Gasteiger charge is 2.35. The smallest absolute Gasteiger partial charge is 0.355 e. The number of piperidine rings is 1. The monoisotopic (exact) mass is 535 g/mol. The molecule has 1 N–H and O–H groups in total. The van der Waals surface area contributed by atoms with Crippen LogP contribution in [0.1, 0.15) is 50.3 Å². The summed E-state index contributed by atoms with van der Waals surface area (Å²) >= 11 is 6.88. The number of aryl methyl sites for hydroxylation is 1. The first-order chi connectivity index (χ1) is 18.3. The molecule has 6 rings (SSSR count). The van der Waals surface area contributed by atoms with Crippen LogP contribution < -0.4 is 15.3 Å². The minimum absolute atomic E-state index is 0.00760. The number of halogens is 2. The van der Waals surface area contributed by atoms with Gasteiger partial charge in [-0.05, 0) is 55.9 Å². The number of phenolic OH excluding ortho intramolecular Hbond substituents is 1. The molecule has 1 saturated heterocycles. The van der Waals surface area contributed by atoms with Crippen LogP contribution in [0.2, 0.25) is 5.02 Å². The van der Waals surface area contributed by atoms with Crippen molar-refractivity contribution in [3.05, 3.63) is 63.0 Å². The maximum Gasteiger partial charge on any atom is 0.355 e. The molecule has 1 atom stereocenters. The molecule has 0 radical (unpaired) electrons. The number of rotatable bonds is 3. The van der Waals surface area contributed by atoms with Crippen molar-refractivity contribution in [2.75, 3.05) is 18.1 Å². The van der Waals surface area contributed by atoms with E-state index in [0.717, 1.165) is 31.4 Å². The molecule has 0 spiro atoms. The highest BCUT2D eigenvalue weighted by Crippen LogP contribution is 2.47. The number of aromatic hydroxyl groups is 1. The van der Waals surface area contributed by atoms with Gasteiger partial charge in [0.15, 0.2) is 11.4 Å². The second-order valence-corrected chi connectivity index (χ2v) is 10.5. The zero-order valence-electron chi connectivity index (χ0n) is 21.3. The Morgan fingerprint density at radius 3 is 2.79 bits per heavy atom. The molecule has 0 saturated carbocycles. The Labute approximate surface area is 223 Å². The molecule has 196 valence electrons. The van der Waals surface area contributed by atoms with Crippen LogP contribution in [0.15, 0.2) is 35.3 Å². The fraction of sp³-hybridized carbons (Fsp3) is 0.357. The van der Waals surface area contributed by atoms with E-state index in [9.17, 15) is 9.90 Å². The fourth-order valence-electron chi connectivity index (χ4n) is 5.55. The number of phenols is 1. The van der Waals surface area contributed by atoms with Crippen LogP contribution in [0.5, 0.6) is 11.5 Å². The molecule has 10 heteroatoms. The second-order valence-electron chi connectivity index (χ2n) is 10.2. The molecule has 0 aliphatic carbocycles. The maximum absolute atomic E-state index is 15.1. The van der Waals surface area contributed by atoms with Gasteiger partial charge in [0.25, 0.3) is 0 Å². The van der Waals surface area contributed by atoms with Gasteiger partial charge in [-0.1, -0.05) is 31.5 Å². The van der Waals surface area contributed by atoms with Crippen molar-refractivity contribution in [1.29, 1.82) is 0 Å². The lowest BCUT2D eigenvalue weighted by molar-refractivity contribution is 0.267. The van der Waals surface area contributed by atoms with Crippen LogP contribution in [-0.4, -0.2) is 43.8 Å². The molecule has 2 aliphatic rings. The minimum Gasteiger partial charge on any atom is -0.507 e. The number of hydrogen-bond acceptors (Lipinski definition) is 7. The standard InChI is InChI=1S/C28H27ClFN5O3/c1-14(2)22-24(15(3)10-11-31-22)35-27-20-25(21(29)23(32-27)19-17(30)8-6-9-18(19)36)38-13-16-7-4-5-12-34(16)26(20)33-28(35)37/h6,8-11,14,16,36H,4-5,7,12-13H2,1-3H3/t16-/m0/s1. The van der Waals surface area contributed by atoms with E-state index in [-0.39, 0.29) is 45.4 Å². The van der Waals surface area contributed by atoms with Crippen molar-refractivity contribution in [2.24, 2.45) is 0 Å². The summed E-state index contributed by atoms with van der Waals surface area (Å²) in [4.78, 5) is 29.9. The highest BCUT2D eigenvalue weighted by atomic mass is 35.5. The van der Waals surface area contributed by atoms with Gasteiger partial charge in [-0.3, -0.25) is 4.98 Å². The number of benzene rings is 1. The number of pyridine rings is 2. The Hall–Kier alpha value is -3.72. The number of anilines is 1. The van der Waals surface area contributed by atoms with Gasteiger partial charge < -0.3 is 14.7 Å². The summed E-state index contributed by atoms with van der Waals surface area (Å²) in [5.74, 6) is -0.287. The average Bonchev–Trinajstić information content (AvgIpc) is 3.05. The van der Waals surface area contributed by atoms with Crippen LogP contribution in [0.25, 0.3) is 28.0 Å². The third kappa shape index (κ3) is 3.71. The quantitative estimate of drug-likeness (QED) is 0.369. The van der Waals surface area contributed by atoms with Gasteiger partial charge >= 0.3 is 5.69 Å². The van der Waals surface area contributed by atoms with E-state index in [2.05, 4.69) is 14.9 Å². The normalized spacial score (nSPS) is 16.9.